The maximum Gasteiger partial charge on any atom is 0.191 e. The number of nitrogens with zero attached hydrogens (tertiary/aromatic N) is 2. The first-order valence-electron chi connectivity index (χ1n) is 9.88. The Balaban J connectivity index is 4.00. The molecule has 0 rings (SSSR count). The minimum absolute atomic E-state index is 0.431. The summed E-state index contributed by atoms with van der Waals surface area (Å²) in [5.74, 6) is 1.60. The highest BCUT2D eigenvalue weighted by atomic mass is 16.5. The van der Waals surface area contributed by atoms with Crippen LogP contribution in [-0.4, -0.2) is 62.8 Å². The molecule has 0 aromatic rings. The molecule has 0 aliphatic rings. The molecule has 0 heterocycles. The van der Waals surface area contributed by atoms with Gasteiger partial charge in [-0.2, -0.15) is 0 Å². The quantitative estimate of drug-likeness (QED) is 0.289. The van der Waals surface area contributed by atoms with Crippen LogP contribution in [0.5, 0.6) is 0 Å². The van der Waals surface area contributed by atoms with Crippen molar-refractivity contribution in [2.75, 3.05) is 45.9 Å². The molecule has 144 valence electrons. The summed E-state index contributed by atoms with van der Waals surface area (Å²) in [6.07, 6.45) is 3.49. The fourth-order valence-corrected chi connectivity index (χ4v) is 2.43. The molecule has 0 aromatic carbocycles. The second-order valence-corrected chi connectivity index (χ2v) is 6.77. The molecule has 0 saturated heterocycles. The molecule has 24 heavy (non-hydrogen) atoms. The summed E-state index contributed by atoms with van der Waals surface area (Å²) in [4.78, 5) is 7.08. The van der Waals surface area contributed by atoms with E-state index in [1.54, 1.807) is 0 Å². The van der Waals surface area contributed by atoms with Gasteiger partial charge in [-0.25, -0.2) is 0 Å². The first-order chi connectivity index (χ1) is 11.5. The monoisotopic (exact) mass is 342 g/mol. The van der Waals surface area contributed by atoms with Gasteiger partial charge in [-0.3, -0.25) is 4.99 Å². The molecule has 0 amide bonds. The summed E-state index contributed by atoms with van der Waals surface area (Å²) in [5.41, 5.74) is 0. The fraction of sp³-hybridized carbons (Fsp3) is 0.947. The highest BCUT2D eigenvalue weighted by molar-refractivity contribution is 5.80. The lowest BCUT2D eigenvalue weighted by molar-refractivity contribution is 0.130. The Morgan fingerprint density at radius 2 is 1.75 bits per heavy atom. The Kier molecular flexibility index (Phi) is 15.2. The van der Waals surface area contributed by atoms with Gasteiger partial charge in [0, 0.05) is 19.2 Å². The van der Waals surface area contributed by atoms with Gasteiger partial charge in [0.05, 0.1) is 13.2 Å². The van der Waals surface area contributed by atoms with E-state index in [1.165, 1.54) is 13.0 Å². The van der Waals surface area contributed by atoms with E-state index in [0.717, 1.165) is 45.0 Å². The first kappa shape index (κ1) is 23.2. The molecule has 0 aliphatic heterocycles. The Hall–Kier alpha value is -0.810. The molecule has 5 heteroatoms. The van der Waals surface area contributed by atoms with Crippen LogP contribution in [-0.2, 0) is 4.74 Å². The standard InChI is InChI=1S/C19H42N4O/c1-7-20-19(21-13-16-24-15-12-17(4)5)22-18(6)11-10-14-23(8-2)9-3/h17-18H,7-16H2,1-6H3,(H2,20,21,22). The highest BCUT2D eigenvalue weighted by Gasteiger charge is 2.06. The van der Waals surface area contributed by atoms with E-state index < -0.39 is 0 Å². The Morgan fingerprint density at radius 3 is 2.33 bits per heavy atom. The third-order valence-corrected chi connectivity index (χ3v) is 4.08. The molecule has 0 saturated carbocycles. The van der Waals surface area contributed by atoms with Crippen molar-refractivity contribution in [1.29, 1.82) is 0 Å². The van der Waals surface area contributed by atoms with Gasteiger partial charge in [-0.1, -0.05) is 27.7 Å². The third-order valence-electron chi connectivity index (χ3n) is 4.08. The van der Waals surface area contributed by atoms with Crippen LogP contribution in [0, 0.1) is 5.92 Å². The number of hydrogen-bond donors (Lipinski definition) is 2. The van der Waals surface area contributed by atoms with Crippen LogP contribution in [0.25, 0.3) is 0 Å². The SMILES string of the molecule is CCNC(=NCCOCCC(C)C)NC(C)CCCN(CC)CC. The number of hydrogen-bond acceptors (Lipinski definition) is 3. The van der Waals surface area contributed by atoms with Gasteiger partial charge in [0.15, 0.2) is 5.96 Å². The maximum absolute atomic E-state index is 5.63. The summed E-state index contributed by atoms with van der Waals surface area (Å²) in [7, 11) is 0. The number of ether oxygens (including phenoxy) is 1. The molecule has 0 radical (unpaired) electrons. The second-order valence-electron chi connectivity index (χ2n) is 6.77. The lowest BCUT2D eigenvalue weighted by Crippen LogP contribution is -2.42. The van der Waals surface area contributed by atoms with Crippen molar-refractivity contribution in [3.63, 3.8) is 0 Å². The molecule has 0 bridgehead atoms. The molecule has 0 aromatic heterocycles. The molecule has 1 unspecified atom stereocenters. The summed E-state index contributed by atoms with van der Waals surface area (Å²) < 4.78 is 5.63. The molecule has 0 spiro atoms. The van der Waals surface area contributed by atoms with Crippen molar-refractivity contribution in [2.45, 2.75) is 66.8 Å². The minimum Gasteiger partial charge on any atom is -0.380 e. The third kappa shape index (κ3) is 13.6. The van der Waals surface area contributed by atoms with E-state index >= 15 is 0 Å². The van der Waals surface area contributed by atoms with Crippen LogP contribution < -0.4 is 10.6 Å². The van der Waals surface area contributed by atoms with Gasteiger partial charge in [-0.05, 0) is 58.7 Å². The summed E-state index contributed by atoms with van der Waals surface area (Å²) >= 11 is 0. The topological polar surface area (TPSA) is 48.9 Å². The zero-order valence-electron chi connectivity index (χ0n) is 17.0. The van der Waals surface area contributed by atoms with Crippen LogP contribution in [0.4, 0.5) is 0 Å². The van der Waals surface area contributed by atoms with Crippen molar-refractivity contribution in [3.8, 4) is 0 Å². The fourth-order valence-electron chi connectivity index (χ4n) is 2.43. The van der Waals surface area contributed by atoms with E-state index in [9.17, 15) is 0 Å². The van der Waals surface area contributed by atoms with Crippen molar-refractivity contribution in [2.24, 2.45) is 10.9 Å². The molecule has 1 atom stereocenters. The van der Waals surface area contributed by atoms with Crippen molar-refractivity contribution in [1.82, 2.24) is 15.5 Å². The first-order valence-corrected chi connectivity index (χ1v) is 9.88. The molecule has 5 nitrogen and oxygen atoms in total. The van der Waals surface area contributed by atoms with Gasteiger partial charge >= 0.3 is 0 Å². The number of nitrogens with one attached hydrogen (secondary N) is 2. The molecule has 0 fully saturated rings. The number of aliphatic imine (C=N–C) groups is 1. The van der Waals surface area contributed by atoms with Crippen LogP contribution in [0.3, 0.4) is 0 Å². The predicted octanol–water partition coefficient (Wildman–Crippen LogP) is 3.11. The zero-order valence-corrected chi connectivity index (χ0v) is 17.0. The zero-order chi connectivity index (χ0) is 18.2. The Labute approximate surface area is 150 Å². The number of guanidine groups is 1. The maximum atomic E-state index is 5.63. The molecule has 2 N–H and O–H groups in total. The summed E-state index contributed by atoms with van der Waals surface area (Å²) in [6.45, 7) is 19.8. The van der Waals surface area contributed by atoms with Crippen LogP contribution in [0.1, 0.15) is 60.8 Å². The van der Waals surface area contributed by atoms with Crippen molar-refractivity contribution in [3.05, 3.63) is 0 Å². The van der Waals surface area contributed by atoms with Gasteiger partial charge < -0.3 is 20.3 Å². The minimum atomic E-state index is 0.431. The van der Waals surface area contributed by atoms with Gasteiger partial charge in [-0.15, -0.1) is 0 Å². The molecular weight excluding hydrogens is 300 g/mol. The Bertz CT molecular complexity index is 304. The molecular formula is C19H42N4O. The van der Waals surface area contributed by atoms with E-state index in [4.69, 9.17) is 4.74 Å². The van der Waals surface area contributed by atoms with Crippen molar-refractivity contribution < 1.29 is 4.74 Å². The predicted molar refractivity (Wildman–Crippen MR) is 106 cm³/mol. The average Bonchev–Trinajstić information content (AvgIpc) is 2.54. The smallest absolute Gasteiger partial charge is 0.191 e. The Morgan fingerprint density at radius 1 is 1.04 bits per heavy atom. The van der Waals surface area contributed by atoms with E-state index in [1.807, 2.05) is 0 Å². The van der Waals surface area contributed by atoms with E-state index in [0.29, 0.717) is 25.1 Å². The lowest BCUT2D eigenvalue weighted by atomic mass is 10.1. The van der Waals surface area contributed by atoms with Gasteiger partial charge in [0.1, 0.15) is 0 Å². The van der Waals surface area contributed by atoms with Crippen molar-refractivity contribution >= 4 is 5.96 Å². The lowest BCUT2D eigenvalue weighted by Gasteiger charge is -2.21. The van der Waals surface area contributed by atoms with Gasteiger partial charge in [0.25, 0.3) is 0 Å². The highest BCUT2D eigenvalue weighted by Crippen LogP contribution is 2.00. The largest absolute Gasteiger partial charge is 0.380 e. The number of rotatable bonds is 14. The van der Waals surface area contributed by atoms with Crippen LogP contribution in [0.15, 0.2) is 4.99 Å². The van der Waals surface area contributed by atoms with Gasteiger partial charge in [0.2, 0.25) is 0 Å². The molecule has 0 aliphatic carbocycles. The summed E-state index contributed by atoms with van der Waals surface area (Å²) in [6, 6.07) is 0.431. The second kappa shape index (κ2) is 15.7. The van der Waals surface area contributed by atoms with Crippen LogP contribution in [0.2, 0.25) is 0 Å². The van der Waals surface area contributed by atoms with Crippen LogP contribution >= 0.6 is 0 Å². The van der Waals surface area contributed by atoms with E-state index in [-0.39, 0.29) is 0 Å². The summed E-state index contributed by atoms with van der Waals surface area (Å²) in [5, 5.41) is 6.82. The van der Waals surface area contributed by atoms with E-state index in [2.05, 4.69) is 62.1 Å². The average molecular weight is 343 g/mol. The normalized spacial score (nSPS) is 13.6.